The molecular weight excluding hydrogens is 302 g/mol. The van der Waals surface area contributed by atoms with Gasteiger partial charge in [0, 0.05) is 18.7 Å². The fraction of sp³-hybridized carbons (Fsp3) is 0.350. The van der Waals surface area contributed by atoms with E-state index in [9.17, 15) is 4.79 Å². The summed E-state index contributed by atoms with van der Waals surface area (Å²) in [5, 5.41) is 12.1. The maximum absolute atomic E-state index is 10.6. The Morgan fingerprint density at radius 2 is 1.88 bits per heavy atom. The lowest BCUT2D eigenvalue weighted by molar-refractivity contribution is -0.136. The molecule has 0 unspecified atom stereocenters. The van der Waals surface area contributed by atoms with Crippen LogP contribution in [0.3, 0.4) is 0 Å². The standard InChI is InChI=1S/C20H23NO3/c22-20(23)16-17-10-12-18(13-11-17)21-14-6-4-2-1-3-5-8-19-9-7-15-24-19/h7,9-13,15,21H,1-4,6,14,16H2,(H,22,23). The molecule has 1 aromatic carbocycles. The fourth-order valence-electron chi connectivity index (χ4n) is 2.34. The van der Waals surface area contributed by atoms with E-state index in [1.165, 1.54) is 12.8 Å². The highest BCUT2D eigenvalue weighted by atomic mass is 16.4. The number of aliphatic carboxylic acids is 1. The van der Waals surface area contributed by atoms with Crippen molar-refractivity contribution in [3.8, 4) is 11.8 Å². The quantitative estimate of drug-likeness (QED) is 0.532. The molecule has 0 saturated carbocycles. The van der Waals surface area contributed by atoms with Gasteiger partial charge in [0.2, 0.25) is 0 Å². The zero-order valence-corrected chi connectivity index (χ0v) is 13.8. The van der Waals surface area contributed by atoms with Crippen LogP contribution in [0.4, 0.5) is 5.69 Å². The Labute approximate surface area is 142 Å². The van der Waals surface area contributed by atoms with Gasteiger partial charge in [0.1, 0.15) is 0 Å². The van der Waals surface area contributed by atoms with E-state index in [1.807, 2.05) is 36.4 Å². The molecule has 0 radical (unpaired) electrons. The van der Waals surface area contributed by atoms with Crippen LogP contribution in [0, 0.1) is 11.8 Å². The number of hydrogen-bond acceptors (Lipinski definition) is 3. The minimum absolute atomic E-state index is 0.0725. The maximum atomic E-state index is 10.6. The van der Waals surface area contributed by atoms with E-state index in [-0.39, 0.29) is 6.42 Å². The SMILES string of the molecule is O=C(O)Cc1ccc(NCCCCCCC#Cc2ccco2)cc1. The molecular formula is C20H23NO3. The van der Waals surface area contributed by atoms with Crippen molar-refractivity contribution in [1.82, 2.24) is 0 Å². The summed E-state index contributed by atoms with van der Waals surface area (Å²) in [5.41, 5.74) is 1.86. The summed E-state index contributed by atoms with van der Waals surface area (Å²) >= 11 is 0. The van der Waals surface area contributed by atoms with Crippen molar-refractivity contribution < 1.29 is 14.3 Å². The summed E-state index contributed by atoms with van der Waals surface area (Å²) in [5.74, 6) is 6.05. The van der Waals surface area contributed by atoms with Crippen molar-refractivity contribution in [3.63, 3.8) is 0 Å². The van der Waals surface area contributed by atoms with E-state index in [0.29, 0.717) is 0 Å². The number of furan rings is 1. The van der Waals surface area contributed by atoms with Gasteiger partial charge in [-0.2, -0.15) is 0 Å². The Balaban J connectivity index is 1.51. The van der Waals surface area contributed by atoms with Gasteiger partial charge >= 0.3 is 5.97 Å². The van der Waals surface area contributed by atoms with Crippen molar-refractivity contribution in [2.24, 2.45) is 0 Å². The fourth-order valence-corrected chi connectivity index (χ4v) is 2.34. The minimum Gasteiger partial charge on any atom is -0.481 e. The van der Waals surface area contributed by atoms with Crippen LogP contribution in [0.1, 0.15) is 43.4 Å². The lowest BCUT2D eigenvalue weighted by Crippen LogP contribution is -2.03. The molecule has 0 aliphatic heterocycles. The average Bonchev–Trinajstić information content (AvgIpc) is 3.07. The maximum Gasteiger partial charge on any atom is 0.307 e. The molecule has 0 fully saturated rings. The molecule has 126 valence electrons. The number of carboxylic acid groups (broad SMARTS) is 1. The topological polar surface area (TPSA) is 62.5 Å². The Kier molecular flexibility index (Phi) is 7.49. The highest BCUT2D eigenvalue weighted by Crippen LogP contribution is 2.11. The Morgan fingerprint density at radius 1 is 1.08 bits per heavy atom. The van der Waals surface area contributed by atoms with E-state index >= 15 is 0 Å². The van der Waals surface area contributed by atoms with Gasteiger partial charge in [0.05, 0.1) is 12.7 Å². The second kappa shape index (κ2) is 10.2. The van der Waals surface area contributed by atoms with E-state index in [2.05, 4.69) is 17.2 Å². The second-order valence-electron chi connectivity index (χ2n) is 5.64. The summed E-state index contributed by atoms with van der Waals surface area (Å²) in [6.45, 7) is 0.927. The van der Waals surface area contributed by atoms with Gasteiger partial charge in [-0.05, 0) is 48.6 Å². The third-order valence-electron chi connectivity index (χ3n) is 3.60. The highest BCUT2D eigenvalue weighted by molar-refractivity contribution is 5.70. The molecule has 2 N–H and O–H groups in total. The van der Waals surface area contributed by atoms with Crippen molar-refractivity contribution in [1.29, 1.82) is 0 Å². The van der Waals surface area contributed by atoms with Crippen LogP contribution in [0.2, 0.25) is 0 Å². The molecule has 4 heteroatoms. The molecule has 24 heavy (non-hydrogen) atoms. The molecule has 4 nitrogen and oxygen atoms in total. The molecule has 0 aliphatic carbocycles. The molecule has 1 aromatic heterocycles. The molecule has 2 aromatic rings. The molecule has 0 spiro atoms. The van der Waals surface area contributed by atoms with Crippen LogP contribution in [-0.4, -0.2) is 17.6 Å². The predicted molar refractivity (Wildman–Crippen MR) is 94.9 cm³/mol. The van der Waals surface area contributed by atoms with E-state index in [0.717, 1.165) is 42.8 Å². The minimum atomic E-state index is -0.801. The first-order valence-corrected chi connectivity index (χ1v) is 8.31. The summed E-state index contributed by atoms with van der Waals surface area (Å²) in [7, 11) is 0. The van der Waals surface area contributed by atoms with Crippen molar-refractivity contribution >= 4 is 11.7 Å². The lowest BCUT2D eigenvalue weighted by atomic mass is 10.1. The summed E-state index contributed by atoms with van der Waals surface area (Å²) in [6.07, 6.45) is 7.18. The van der Waals surface area contributed by atoms with Crippen LogP contribution in [-0.2, 0) is 11.2 Å². The number of benzene rings is 1. The first kappa shape index (κ1) is 17.7. The van der Waals surface area contributed by atoms with Gasteiger partial charge < -0.3 is 14.8 Å². The molecule has 0 saturated heterocycles. The van der Waals surface area contributed by atoms with Crippen LogP contribution in [0.25, 0.3) is 0 Å². The van der Waals surface area contributed by atoms with Crippen molar-refractivity contribution in [3.05, 3.63) is 54.0 Å². The normalized spacial score (nSPS) is 10.0. The first-order chi connectivity index (χ1) is 11.7. The monoisotopic (exact) mass is 325 g/mol. The first-order valence-electron chi connectivity index (χ1n) is 8.31. The molecule has 0 amide bonds. The molecule has 0 aliphatic rings. The second-order valence-corrected chi connectivity index (χ2v) is 5.64. The van der Waals surface area contributed by atoms with Gasteiger partial charge in [-0.1, -0.05) is 30.9 Å². The Bertz CT molecular complexity index is 663. The zero-order valence-electron chi connectivity index (χ0n) is 13.8. The van der Waals surface area contributed by atoms with Crippen LogP contribution in [0.5, 0.6) is 0 Å². The van der Waals surface area contributed by atoms with Gasteiger partial charge in [-0.25, -0.2) is 0 Å². The highest BCUT2D eigenvalue weighted by Gasteiger charge is 2.00. The van der Waals surface area contributed by atoms with Gasteiger partial charge in [0.15, 0.2) is 5.76 Å². The van der Waals surface area contributed by atoms with Gasteiger partial charge in [-0.3, -0.25) is 4.79 Å². The summed E-state index contributed by atoms with van der Waals surface area (Å²) < 4.78 is 5.15. The van der Waals surface area contributed by atoms with Crippen molar-refractivity contribution in [2.75, 3.05) is 11.9 Å². The number of rotatable bonds is 9. The number of unbranched alkanes of at least 4 members (excludes halogenated alkanes) is 4. The average molecular weight is 325 g/mol. The van der Waals surface area contributed by atoms with E-state index < -0.39 is 5.97 Å². The molecule has 2 rings (SSSR count). The number of nitrogens with one attached hydrogen (secondary N) is 1. The number of carboxylic acids is 1. The molecule has 0 atom stereocenters. The Morgan fingerprint density at radius 3 is 2.58 bits per heavy atom. The Hall–Kier alpha value is -2.67. The van der Waals surface area contributed by atoms with Crippen LogP contribution < -0.4 is 5.32 Å². The predicted octanol–water partition coefficient (Wildman–Crippen LogP) is 4.32. The van der Waals surface area contributed by atoms with Crippen LogP contribution in [0.15, 0.2) is 47.1 Å². The smallest absolute Gasteiger partial charge is 0.307 e. The summed E-state index contributed by atoms with van der Waals surface area (Å²) in [6, 6.07) is 11.3. The zero-order chi connectivity index (χ0) is 17.0. The number of anilines is 1. The third-order valence-corrected chi connectivity index (χ3v) is 3.60. The van der Waals surface area contributed by atoms with Gasteiger partial charge in [-0.15, -0.1) is 0 Å². The lowest BCUT2D eigenvalue weighted by Gasteiger charge is -2.06. The molecule has 1 heterocycles. The third kappa shape index (κ3) is 7.06. The summed E-state index contributed by atoms with van der Waals surface area (Å²) in [4.78, 5) is 10.6. The van der Waals surface area contributed by atoms with Crippen molar-refractivity contribution in [2.45, 2.75) is 38.5 Å². The largest absolute Gasteiger partial charge is 0.481 e. The van der Waals surface area contributed by atoms with E-state index in [4.69, 9.17) is 9.52 Å². The van der Waals surface area contributed by atoms with E-state index in [1.54, 1.807) is 6.26 Å². The number of hydrogen-bond donors (Lipinski definition) is 2. The van der Waals surface area contributed by atoms with Crippen LogP contribution >= 0.6 is 0 Å². The molecule has 0 bridgehead atoms. The van der Waals surface area contributed by atoms with Gasteiger partial charge in [0.25, 0.3) is 0 Å². The number of carbonyl (C=O) groups is 1.